The lowest BCUT2D eigenvalue weighted by Gasteiger charge is -2.07. The summed E-state index contributed by atoms with van der Waals surface area (Å²) in [6, 6.07) is 9.73. The smallest absolute Gasteiger partial charge is 0.311 e. The second-order valence-corrected chi connectivity index (χ2v) is 4.46. The molecule has 2 rings (SSSR count). The van der Waals surface area contributed by atoms with Gasteiger partial charge < -0.3 is 10.1 Å². The van der Waals surface area contributed by atoms with Gasteiger partial charge in [-0.05, 0) is 29.8 Å². The van der Waals surface area contributed by atoms with Crippen molar-refractivity contribution in [3.63, 3.8) is 0 Å². The van der Waals surface area contributed by atoms with Crippen molar-refractivity contribution < 1.29 is 18.8 Å². The molecule has 0 saturated carbocycles. The molecule has 0 aliphatic carbocycles. The van der Waals surface area contributed by atoms with Crippen LogP contribution >= 0.6 is 0 Å². The fourth-order valence-electron chi connectivity index (χ4n) is 1.91. The first-order valence-electron chi connectivity index (χ1n) is 6.36. The van der Waals surface area contributed by atoms with Crippen molar-refractivity contribution in [3.05, 3.63) is 69.5 Å². The number of nitro benzene ring substituents is 1. The number of hydrogen-bond donors (Lipinski definition) is 1. The van der Waals surface area contributed by atoms with Crippen molar-refractivity contribution in [2.45, 2.75) is 6.54 Å². The van der Waals surface area contributed by atoms with Gasteiger partial charge in [-0.15, -0.1) is 0 Å². The Labute approximate surface area is 125 Å². The predicted octanol–water partition coefficient (Wildman–Crippen LogP) is 2.67. The Balaban J connectivity index is 2.12. The minimum absolute atomic E-state index is 0.0756. The van der Waals surface area contributed by atoms with Crippen molar-refractivity contribution in [2.24, 2.45) is 0 Å². The second-order valence-electron chi connectivity index (χ2n) is 4.46. The van der Waals surface area contributed by atoms with Crippen molar-refractivity contribution >= 4 is 11.6 Å². The number of benzene rings is 2. The average molecular weight is 304 g/mol. The lowest BCUT2D eigenvalue weighted by molar-refractivity contribution is -0.385. The molecule has 0 bridgehead atoms. The number of carbonyl (C=O) groups excluding carboxylic acids is 1. The molecule has 0 heterocycles. The number of nitrogens with zero attached hydrogens (tertiary/aromatic N) is 1. The van der Waals surface area contributed by atoms with Gasteiger partial charge in [-0.1, -0.05) is 12.1 Å². The van der Waals surface area contributed by atoms with Crippen LogP contribution in [0.5, 0.6) is 5.75 Å². The van der Waals surface area contributed by atoms with Crippen molar-refractivity contribution in [1.82, 2.24) is 5.32 Å². The van der Waals surface area contributed by atoms with Crippen LogP contribution in [-0.4, -0.2) is 17.9 Å². The summed E-state index contributed by atoms with van der Waals surface area (Å²) < 4.78 is 17.9. The van der Waals surface area contributed by atoms with E-state index in [1.54, 1.807) is 6.07 Å². The number of nitrogens with one attached hydrogen (secondary N) is 1. The summed E-state index contributed by atoms with van der Waals surface area (Å²) in [5, 5.41) is 13.5. The Morgan fingerprint density at radius 3 is 2.73 bits per heavy atom. The van der Waals surface area contributed by atoms with E-state index < -0.39 is 16.6 Å². The summed E-state index contributed by atoms with van der Waals surface area (Å²) in [7, 11) is 1.31. The summed E-state index contributed by atoms with van der Waals surface area (Å²) in [6.45, 7) is 0.121. The summed E-state index contributed by atoms with van der Waals surface area (Å²) in [6.07, 6.45) is 0. The maximum absolute atomic E-state index is 13.0. The highest BCUT2D eigenvalue weighted by atomic mass is 19.1. The maximum atomic E-state index is 13.0. The van der Waals surface area contributed by atoms with Crippen LogP contribution in [0.1, 0.15) is 15.9 Å². The number of ether oxygens (including phenoxy) is 1. The minimum Gasteiger partial charge on any atom is -0.490 e. The Kier molecular flexibility index (Phi) is 4.67. The SMILES string of the molecule is COc1ccc(C(=O)NCc2cccc(F)c2)cc1[N+](=O)[O-]. The highest BCUT2D eigenvalue weighted by Crippen LogP contribution is 2.27. The molecule has 0 saturated heterocycles. The number of nitro groups is 1. The number of halogens is 1. The van der Waals surface area contributed by atoms with Crippen molar-refractivity contribution in [3.8, 4) is 5.75 Å². The number of hydrogen-bond acceptors (Lipinski definition) is 4. The quantitative estimate of drug-likeness (QED) is 0.680. The standard InChI is InChI=1S/C15H13FN2O4/c1-22-14-6-5-11(8-13(14)18(20)21)15(19)17-9-10-3-2-4-12(16)7-10/h2-8H,9H2,1H3,(H,17,19). The lowest BCUT2D eigenvalue weighted by Crippen LogP contribution is -2.22. The second kappa shape index (κ2) is 6.66. The van der Waals surface area contributed by atoms with E-state index in [1.165, 1.54) is 37.4 Å². The molecule has 0 radical (unpaired) electrons. The van der Waals surface area contributed by atoms with E-state index in [9.17, 15) is 19.3 Å². The van der Waals surface area contributed by atoms with Gasteiger partial charge >= 0.3 is 5.69 Å². The number of methoxy groups -OCH3 is 1. The molecular weight excluding hydrogens is 291 g/mol. The molecule has 0 aliphatic heterocycles. The predicted molar refractivity (Wildman–Crippen MR) is 77.2 cm³/mol. The molecule has 114 valence electrons. The molecule has 22 heavy (non-hydrogen) atoms. The molecule has 2 aromatic rings. The largest absolute Gasteiger partial charge is 0.490 e. The van der Waals surface area contributed by atoms with E-state index in [0.717, 1.165) is 6.07 Å². The van der Waals surface area contributed by atoms with Gasteiger partial charge in [-0.25, -0.2) is 4.39 Å². The van der Waals surface area contributed by atoms with Gasteiger partial charge in [0.05, 0.1) is 12.0 Å². The van der Waals surface area contributed by atoms with Gasteiger partial charge in [0.25, 0.3) is 5.91 Å². The van der Waals surface area contributed by atoms with Gasteiger partial charge in [0.15, 0.2) is 5.75 Å². The monoisotopic (exact) mass is 304 g/mol. The molecule has 6 nitrogen and oxygen atoms in total. The average Bonchev–Trinajstić information content (AvgIpc) is 2.52. The van der Waals surface area contributed by atoms with E-state index in [4.69, 9.17) is 4.74 Å². The van der Waals surface area contributed by atoms with Gasteiger partial charge in [0.2, 0.25) is 0 Å². The number of rotatable bonds is 5. The topological polar surface area (TPSA) is 81.5 Å². The number of amides is 1. The zero-order valence-electron chi connectivity index (χ0n) is 11.7. The highest BCUT2D eigenvalue weighted by molar-refractivity contribution is 5.95. The molecule has 0 spiro atoms. The van der Waals surface area contributed by atoms with Crippen LogP contribution in [0.25, 0.3) is 0 Å². The molecule has 0 aromatic heterocycles. The van der Waals surface area contributed by atoms with Gasteiger partial charge in [0, 0.05) is 18.2 Å². The van der Waals surface area contributed by atoms with E-state index in [-0.39, 0.29) is 23.5 Å². The zero-order valence-corrected chi connectivity index (χ0v) is 11.7. The molecule has 0 unspecified atom stereocenters. The van der Waals surface area contributed by atoms with Crippen LogP contribution in [-0.2, 0) is 6.54 Å². The molecule has 7 heteroatoms. The Hall–Kier alpha value is -2.96. The molecule has 1 amide bonds. The van der Waals surface area contributed by atoms with Gasteiger partial charge in [-0.2, -0.15) is 0 Å². The molecule has 0 atom stereocenters. The van der Waals surface area contributed by atoms with Crippen LogP contribution in [0, 0.1) is 15.9 Å². The Bertz CT molecular complexity index is 718. The third kappa shape index (κ3) is 3.57. The van der Waals surface area contributed by atoms with Gasteiger partial charge in [0.1, 0.15) is 5.82 Å². The first-order chi connectivity index (χ1) is 10.5. The molecular formula is C15H13FN2O4. The third-order valence-electron chi connectivity index (χ3n) is 2.98. The van der Waals surface area contributed by atoms with Crippen LogP contribution in [0.3, 0.4) is 0 Å². The zero-order chi connectivity index (χ0) is 16.1. The molecule has 0 aliphatic rings. The van der Waals surface area contributed by atoms with Crippen LogP contribution in [0.15, 0.2) is 42.5 Å². The molecule has 1 N–H and O–H groups in total. The maximum Gasteiger partial charge on any atom is 0.311 e. The first kappa shape index (κ1) is 15.4. The van der Waals surface area contributed by atoms with E-state index in [2.05, 4.69) is 5.32 Å². The normalized spacial score (nSPS) is 10.1. The fourth-order valence-corrected chi connectivity index (χ4v) is 1.91. The third-order valence-corrected chi connectivity index (χ3v) is 2.98. The molecule has 2 aromatic carbocycles. The van der Waals surface area contributed by atoms with E-state index in [0.29, 0.717) is 5.56 Å². The summed E-state index contributed by atoms with van der Waals surface area (Å²) >= 11 is 0. The number of carbonyl (C=O) groups is 1. The first-order valence-corrected chi connectivity index (χ1v) is 6.36. The minimum atomic E-state index is -0.623. The summed E-state index contributed by atoms with van der Waals surface area (Å²) in [5.74, 6) is -0.812. The molecule has 0 fully saturated rings. The van der Waals surface area contributed by atoms with Crippen LogP contribution in [0.4, 0.5) is 10.1 Å². The van der Waals surface area contributed by atoms with Gasteiger partial charge in [-0.3, -0.25) is 14.9 Å². The van der Waals surface area contributed by atoms with Crippen molar-refractivity contribution in [2.75, 3.05) is 7.11 Å². The lowest BCUT2D eigenvalue weighted by atomic mass is 10.1. The summed E-state index contributed by atoms with van der Waals surface area (Å²) in [4.78, 5) is 22.3. The fraction of sp³-hybridized carbons (Fsp3) is 0.133. The van der Waals surface area contributed by atoms with Crippen LogP contribution < -0.4 is 10.1 Å². The van der Waals surface area contributed by atoms with Crippen LogP contribution in [0.2, 0.25) is 0 Å². The summed E-state index contributed by atoms with van der Waals surface area (Å²) in [5.41, 5.74) is 0.432. The van der Waals surface area contributed by atoms with Crippen molar-refractivity contribution in [1.29, 1.82) is 0 Å². The Morgan fingerprint density at radius 1 is 1.32 bits per heavy atom. The highest BCUT2D eigenvalue weighted by Gasteiger charge is 2.18. The van der Waals surface area contributed by atoms with E-state index >= 15 is 0 Å². The Morgan fingerprint density at radius 2 is 2.09 bits per heavy atom. The van der Waals surface area contributed by atoms with E-state index in [1.807, 2.05) is 0 Å².